The van der Waals surface area contributed by atoms with Gasteiger partial charge in [0.1, 0.15) is 0 Å². The number of likely N-dealkylation sites (tertiary alicyclic amines) is 1. The molecule has 1 unspecified atom stereocenters. The lowest BCUT2D eigenvalue weighted by molar-refractivity contribution is -0.385. The van der Waals surface area contributed by atoms with Gasteiger partial charge in [-0.25, -0.2) is 0 Å². The van der Waals surface area contributed by atoms with Crippen molar-refractivity contribution in [3.05, 3.63) is 39.4 Å². The van der Waals surface area contributed by atoms with E-state index >= 15 is 0 Å². The van der Waals surface area contributed by atoms with Gasteiger partial charge in [-0.15, -0.1) is 0 Å². The van der Waals surface area contributed by atoms with Gasteiger partial charge in [0.15, 0.2) is 0 Å². The first-order valence-electron chi connectivity index (χ1n) is 6.73. The van der Waals surface area contributed by atoms with Crippen molar-refractivity contribution in [2.75, 3.05) is 13.1 Å². The summed E-state index contributed by atoms with van der Waals surface area (Å²) < 4.78 is 0. The predicted octanol–water partition coefficient (Wildman–Crippen LogP) is 1.24. The van der Waals surface area contributed by atoms with E-state index in [1.54, 1.807) is 11.8 Å². The Kier molecular flexibility index (Phi) is 4.21. The molecular weight excluding hydrogens is 274 g/mol. The lowest BCUT2D eigenvalue weighted by Crippen LogP contribution is -2.44. The highest BCUT2D eigenvalue weighted by atomic mass is 16.6. The maximum absolute atomic E-state index is 12.4. The zero-order valence-electron chi connectivity index (χ0n) is 11.7. The highest BCUT2D eigenvalue weighted by Gasteiger charge is 2.28. The van der Waals surface area contributed by atoms with Crippen LogP contribution in [0.25, 0.3) is 0 Å². The summed E-state index contributed by atoms with van der Waals surface area (Å²) in [6, 6.07) is 4.29. The molecule has 1 aromatic carbocycles. The molecule has 1 saturated heterocycles. The Hall–Kier alpha value is -2.44. The van der Waals surface area contributed by atoms with Crippen LogP contribution in [0.4, 0.5) is 5.69 Å². The summed E-state index contributed by atoms with van der Waals surface area (Å²) in [5.74, 6) is -0.937. The van der Waals surface area contributed by atoms with E-state index in [0.717, 1.165) is 6.42 Å². The van der Waals surface area contributed by atoms with E-state index in [4.69, 9.17) is 5.73 Å². The Labute approximate surface area is 121 Å². The third-order valence-corrected chi connectivity index (χ3v) is 3.75. The summed E-state index contributed by atoms with van der Waals surface area (Å²) in [5, 5.41) is 10.8. The normalized spacial score (nSPS) is 18.3. The number of hydrogen-bond donors (Lipinski definition) is 1. The number of carbonyl (C=O) groups is 2. The number of aryl methyl sites for hydroxylation is 1. The quantitative estimate of drug-likeness (QED) is 0.667. The van der Waals surface area contributed by atoms with E-state index in [0.29, 0.717) is 30.6 Å². The zero-order chi connectivity index (χ0) is 15.6. The minimum absolute atomic E-state index is 0.0137. The van der Waals surface area contributed by atoms with Crippen LogP contribution >= 0.6 is 0 Å². The summed E-state index contributed by atoms with van der Waals surface area (Å²) in [6.45, 7) is 2.47. The molecule has 1 aliphatic heterocycles. The molecule has 1 aromatic rings. The Bertz CT molecular complexity index is 600. The van der Waals surface area contributed by atoms with Crippen LogP contribution in [0.2, 0.25) is 0 Å². The maximum atomic E-state index is 12.4. The van der Waals surface area contributed by atoms with Gasteiger partial charge < -0.3 is 10.6 Å². The standard InChI is InChI=1S/C14H17N3O4/c1-9-7-10(4-5-12(9)17(20)21)14(19)16-6-2-3-11(8-16)13(15)18/h4-5,7,11H,2-3,6,8H2,1H3,(H2,15,18). The largest absolute Gasteiger partial charge is 0.369 e. The second-order valence-corrected chi connectivity index (χ2v) is 5.25. The molecule has 21 heavy (non-hydrogen) atoms. The summed E-state index contributed by atoms with van der Waals surface area (Å²) >= 11 is 0. The number of carbonyl (C=O) groups excluding carboxylic acids is 2. The van der Waals surface area contributed by atoms with Crippen molar-refractivity contribution in [3.8, 4) is 0 Å². The van der Waals surface area contributed by atoms with E-state index in [9.17, 15) is 19.7 Å². The summed E-state index contributed by atoms with van der Waals surface area (Å²) in [4.78, 5) is 35.5. The Morgan fingerprint density at radius 1 is 1.43 bits per heavy atom. The monoisotopic (exact) mass is 291 g/mol. The number of nitro benzene ring substituents is 1. The van der Waals surface area contributed by atoms with Gasteiger partial charge in [0.25, 0.3) is 11.6 Å². The van der Waals surface area contributed by atoms with Crippen molar-refractivity contribution in [1.29, 1.82) is 0 Å². The average molecular weight is 291 g/mol. The molecule has 0 aromatic heterocycles. The minimum atomic E-state index is -0.479. The van der Waals surface area contributed by atoms with Crippen molar-refractivity contribution in [3.63, 3.8) is 0 Å². The smallest absolute Gasteiger partial charge is 0.272 e. The lowest BCUT2D eigenvalue weighted by atomic mass is 9.96. The van der Waals surface area contributed by atoms with Gasteiger partial charge in [-0.1, -0.05) is 0 Å². The molecule has 0 saturated carbocycles. The fraction of sp³-hybridized carbons (Fsp3) is 0.429. The molecule has 7 nitrogen and oxygen atoms in total. The number of nitrogens with zero attached hydrogens (tertiary/aromatic N) is 2. The fourth-order valence-corrected chi connectivity index (χ4v) is 2.57. The van der Waals surface area contributed by atoms with Crippen molar-refractivity contribution >= 4 is 17.5 Å². The molecule has 2 amide bonds. The molecule has 1 fully saturated rings. The van der Waals surface area contributed by atoms with Gasteiger partial charge in [-0.3, -0.25) is 19.7 Å². The Balaban J connectivity index is 2.18. The molecule has 112 valence electrons. The molecule has 7 heteroatoms. The van der Waals surface area contributed by atoms with Crippen LogP contribution in [0.5, 0.6) is 0 Å². The van der Waals surface area contributed by atoms with Crippen LogP contribution in [0.1, 0.15) is 28.8 Å². The van der Waals surface area contributed by atoms with E-state index < -0.39 is 10.8 Å². The van der Waals surface area contributed by atoms with E-state index in [2.05, 4.69) is 0 Å². The van der Waals surface area contributed by atoms with Crippen LogP contribution < -0.4 is 5.73 Å². The molecular formula is C14H17N3O4. The van der Waals surface area contributed by atoms with Gasteiger partial charge in [-0.2, -0.15) is 0 Å². The Morgan fingerprint density at radius 3 is 2.71 bits per heavy atom. The van der Waals surface area contributed by atoms with Gasteiger partial charge >= 0.3 is 0 Å². The summed E-state index contributed by atoms with van der Waals surface area (Å²) in [6.07, 6.45) is 1.42. The number of hydrogen-bond acceptors (Lipinski definition) is 4. The molecule has 0 spiro atoms. The topological polar surface area (TPSA) is 107 Å². The van der Waals surface area contributed by atoms with Gasteiger partial charge in [0.05, 0.1) is 10.8 Å². The third-order valence-electron chi connectivity index (χ3n) is 3.75. The molecule has 1 heterocycles. The third kappa shape index (κ3) is 3.18. The SMILES string of the molecule is Cc1cc(C(=O)N2CCCC(C(N)=O)C2)ccc1[N+](=O)[O-]. The molecule has 1 aliphatic rings. The molecule has 0 bridgehead atoms. The summed E-state index contributed by atoms with van der Waals surface area (Å²) in [5.41, 5.74) is 6.11. The molecule has 1 atom stereocenters. The minimum Gasteiger partial charge on any atom is -0.369 e. The highest BCUT2D eigenvalue weighted by molar-refractivity contribution is 5.95. The number of benzene rings is 1. The van der Waals surface area contributed by atoms with Crippen LogP contribution in [-0.2, 0) is 4.79 Å². The van der Waals surface area contributed by atoms with Crippen LogP contribution in [0.3, 0.4) is 0 Å². The number of rotatable bonds is 3. The number of amides is 2. The number of piperidine rings is 1. The molecule has 2 rings (SSSR count). The van der Waals surface area contributed by atoms with Crippen LogP contribution in [0.15, 0.2) is 18.2 Å². The van der Waals surface area contributed by atoms with E-state index in [1.807, 2.05) is 0 Å². The first-order valence-corrected chi connectivity index (χ1v) is 6.73. The zero-order valence-corrected chi connectivity index (χ0v) is 11.7. The van der Waals surface area contributed by atoms with Gasteiger partial charge in [0, 0.05) is 30.3 Å². The molecule has 0 radical (unpaired) electrons. The summed E-state index contributed by atoms with van der Waals surface area (Å²) in [7, 11) is 0. The lowest BCUT2D eigenvalue weighted by Gasteiger charge is -2.31. The number of nitro groups is 1. The predicted molar refractivity (Wildman–Crippen MR) is 75.7 cm³/mol. The first-order chi connectivity index (χ1) is 9.90. The van der Waals surface area contributed by atoms with Crippen molar-refractivity contribution in [1.82, 2.24) is 4.90 Å². The maximum Gasteiger partial charge on any atom is 0.272 e. The van der Waals surface area contributed by atoms with Gasteiger partial charge in [-0.05, 0) is 31.9 Å². The molecule has 0 aliphatic carbocycles. The van der Waals surface area contributed by atoms with E-state index in [1.165, 1.54) is 18.2 Å². The highest BCUT2D eigenvalue weighted by Crippen LogP contribution is 2.22. The van der Waals surface area contributed by atoms with Crippen LogP contribution in [0, 0.1) is 23.0 Å². The van der Waals surface area contributed by atoms with Crippen LogP contribution in [-0.4, -0.2) is 34.7 Å². The molecule has 2 N–H and O–H groups in total. The average Bonchev–Trinajstić information content (AvgIpc) is 2.46. The van der Waals surface area contributed by atoms with Crippen molar-refractivity contribution in [2.24, 2.45) is 11.7 Å². The van der Waals surface area contributed by atoms with Crippen molar-refractivity contribution in [2.45, 2.75) is 19.8 Å². The Morgan fingerprint density at radius 2 is 2.14 bits per heavy atom. The van der Waals surface area contributed by atoms with Crippen molar-refractivity contribution < 1.29 is 14.5 Å². The second kappa shape index (κ2) is 5.90. The fourth-order valence-electron chi connectivity index (χ4n) is 2.57. The number of primary amides is 1. The number of nitrogens with two attached hydrogens (primary N) is 1. The first kappa shape index (κ1) is 15.0. The van der Waals surface area contributed by atoms with E-state index in [-0.39, 0.29) is 17.5 Å². The van der Waals surface area contributed by atoms with Gasteiger partial charge in [0.2, 0.25) is 5.91 Å². The second-order valence-electron chi connectivity index (χ2n) is 5.25.